The highest BCUT2D eigenvalue weighted by Gasteiger charge is 2.39. The molecule has 30 heavy (non-hydrogen) atoms. The first-order valence-electron chi connectivity index (χ1n) is 8.06. The van der Waals surface area contributed by atoms with E-state index in [4.69, 9.17) is 7.58 Å². The van der Waals surface area contributed by atoms with Crippen LogP contribution < -0.4 is 0 Å². The summed E-state index contributed by atoms with van der Waals surface area (Å²) in [5.41, 5.74) is -3.27. The summed E-state index contributed by atoms with van der Waals surface area (Å²) in [6.07, 6.45) is -15.5. The van der Waals surface area contributed by atoms with E-state index in [1.165, 1.54) is 0 Å². The van der Waals surface area contributed by atoms with Gasteiger partial charge in [0.25, 0.3) is 0 Å². The van der Waals surface area contributed by atoms with Crippen LogP contribution in [0.15, 0.2) is 30.6 Å². The van der Waals surface area contributed by atoms with Crippen molar-refractivity contribution in [1.29, 1.82) is 0 Å². The number of rotatable bonds is 2. The topological polar surface area (TPSA) is 44.2 Å². The zero-order valence-corrected chi connectivity index (χ0v) is 15.6. The van der Waals surface area contributed by atoms with Gasteiger partial charge in [0, 0.05) is 24.4 Å². The Labute approximate surface area is 169 Å². The van der Waals surface area contributed by atoms with Gasteiger partial charge >= 0.3 is 34.4 Å². The molecule has 0 saturated carbocycles. The quantitative estimate of drug-likeness (QED) is 0.453. The van der Waals surface area contributed by atoms with E-state index in [1.54, 1.807) is 0 Å². The third kappa shape index (κ3) is 5.23. The molecule has 0 amide bonds. The average Bonchev–Trinajstić information content (AvgIpc) is 2.66. The predicted molar refractivity (Wildman–Crippen MR) is 81.5 cm³/mol. The van der Waals surface area contributed by atoms with Crippen LogP contribution in [0, 0.1) is 0 Å². The van der Waals surface area contributed by atoms with E-state index in [2.05, 4.69) is 9.97 Å². The van der Waals surface area contributed by atoms with Crippen molar-refractivity contribution in [3.8, 4) is 0 Å². The fourth-order valence-corrected chi connectivity index (χ4v) is 3.59. The summed E-state index contributed by atoms with van der Waals surface area (Å²) in [7, 11) is 0. The van der Waals surface area contributed by atoms with E-state index >= 15 is 0 Å². The summed E-state index contributed by atoms with van der Waals surface area (Å²) in [6.45, 7) is 0. The van der Waals surface area contributed by atoms with E-state index in [0.29, 0.717) is 12.1 Å². The van der Waals surface area contributed by atoms with Gasteiger partial charge in [-0.15, -0.1) is 0 Å². The summed E-state index contributed by atoms with van der Waals surface area (Å²) in [5, 5.41) is 0. The molecule has 1 aromatic carbocycles. The summed E-state index contributed by atoms with van der Waals surface area (Å²) < 4.78 is 126. The molecule has 0 spiro atoms. The van der Waals surface area contributed by atoms with Crippen molar-refractivity contribution in [2.45, 2.75) is 37.2 Å². The molecule has 1 aliphatic rings. The van der Waals surface area contributed by atoms with Crippen LogP contribution in [0.3, 0.4) is 0 Å². The molecule has 4 nitrogen and oxygen atoms in total. The molecule has 161 valence electrons. The Bertz CT molecular complexity index is 865. The Kier molecular flexibility index (Phi) is 6.07. The summed E-state index contributed by atoms with van der Waals surface area (Å²) in [5.74, 6) is -1.39. The van der Waals surface area contributed by atoms with Crippen molar-refractivity contribution in [1.82, 2.24) is 9.97 Å². The highest BCUT2D eigenvalue weighted by molar-refractivity contribution is 6.18. The van der Waals surface area contributed by atoms with Crippen molar-refractivity contribution in [3.05, 3.63) is 58.7 Å². The van der Waals surface area contributed by atoms with E-state index in [-0.39, 0.29) is 23.6 Å². The summed E-state index contributed by atoms with van der Waals surface area (Å²) in [6, 6.07) is 1.09. The fraction of sp³-hybridized carbons (Fsp3) is 0.375. The van der Waals surface area contributed by atoms with Gasteiger partial charge in [0.05, 0.1) is 23.3 Å². The van der Waals surface area contributed by atoms with Gasteiger partial charge in [-0.25, -0.2) is 9.97 Å². The van der Waals surface area contributed by atoms with Crippen molar-refractivity contribution in [2.75, 3.05) is 0 Å². The monoisotopic (exact) mass is 459 g/mol. The second-order valence-corrected chi connectivity index (χ2v) is 7.00. The van der Waals surface area contributed by atoms with Crippen molar-refractivity contribution >= 4 is 15.9 Å². The Morgan fingerprint density at radius 2 is 1.17 bits per heavy atom. The molecule has 1 radical (unpaired) electrons. The van der Waals surface area contributed by atoms with Crippen LogP contribution in [0.2, 0.25) is 0 Å². The zero-order chi connectivity index (χ0) is 22.3. The second-order valence-electron chi connectivity index (χ2n) is 6.26. The first-order valence-corrected chi connectivity index (χ1v) is 9.00. The summed E-state index contributed by atoms with van der Waals surface area (Å²) >= 11 is -1.31. The van der Waals surface area contributed by atoms with Gasteiger partial charge in [0.1, 0.15) is 0 Å². The summed E-state index contributed by atoms with van der Waals surface area (Å²) in [4.78, 5) is 6.34. The molecular weight excluding hydrogens is 450 g/mol. The number of benzene rings is 1. The SMILES string of the molecule is FC(F)(F)c1cc(C2CC(c3cnc(C(F)(F)F)nc3)[O][Al][O]2)cc(C(F)(F)F)c1. The first kappa shape index (κ1) is 22.8. The van der Waals surface area contributed by atoms with Crippen LogP contribution in [-0.4, -0.2) is 25.9 Å². The second kappa shape index (κ2) is 7.99. The highest BCUT2D eigenvalue weighted by atomic mass is 27.2. The number of halogens is 9. The largest absolute Gasteiger partial charge is 0.669 e. The Hall–Kier alpha value is -1.88. The third-order valence-electron chi connectivity index (χ3n) is 4.15. The van der Waals surface area contributed by atoms with Gasteiger partial charge in [-0.1, -0.05) is 0 Å². The molecule has 0 bridgehead atoms. The molecule has 1 fully saturated rings. The molecule has 14 heteroatoms. The van der Waals surface area contributed by atoms with Crippen LogP contribution in [-0.2, 0) is 26.1 Å². The molecule has 2 heterocycles. The molecular formula is C16H9AlF9N2O2. The molecule has 2 aromatic rings. The molecule has 1 aliphatic heterocycles. The minimum absolute atomic E-state index is 0.00311. The third-order valence-corrected chi connectivity index (χ3v) is 5.03. The van der Waals surface area contributed by atoms with Crippen molar-refractivity contribution in [3.63, 3.8) is 0 Å². The predicted octanol–water partition coefficient (Wildman–Crippen LogP) is 5.29. The standard InChI is InChI=1S/C16H9F9N2O2.Al/c17-14(18,19)9-1-7(2-10(3-9)15(20,21)22)11(28)4-12(29)8-5-26-13(27-6-8)16(23,24)25;/h1-3,5-6,11-12H,4H2;/q-2;+2. The van der Waals surface area contributed by atoms with Gasteiger partial charge in [-0.3, -0.25) is 0 Å². The first-order chi connectivity index (χ1) is 13.7. The number of hydrogen-bond donors (Lipinski definition) is 0. The Balaban J connectivity index is 1.89. The molecule has 2 unspecified atom stereocenters. The van der Waals surface area contributed by atoms with Gasteiger partial charge in [0.15, 0.2) is 0 Å². The van der Waals surface area contributed by atoms with Gasteiger partial charge in [0.2, 0.25) is 5.82 Å². The maximum absolute atomic E-state index is 13.0. The van der Waals surface area contributed by atoms with Crippen molar-refractivity contribution < 1.29 is 47.1 Å². The van der Waals surface area contributed by atoms with Crippen LogP contribution in [0.1, 0.15) is 46.7 Å². The Morgan fingerprint density at radius 3 is 1.60 bits per heavy atom. The zero-order valence-electron chi connectivity index (χ0n) is 14.4. The number of alkyl halides is 9. The molecule has 1 aromatic heterocycles. The maximum atomic E-state index is 13.0. The lowest BCUT2D eigenvalue weighted by molar-refractivity contribution is -0.145. The number of hydrogen-bond acceptors (Lipinski definition) is 4. The smallest absolute Gasteiger partial charge is 0.478 e. The lowest BCUT2D eigenvalue weighted by Crippen LogP contribution is -2.25. The van der Waals surface area contributed by atoms with Crippen LogP contribution in [0.4, 0.5) is 39.5 Å². The lowest BCUT2D eigenvalue weighted by atomic mass is 9.96. The number of nitrogens with zero attached hydrogens (tertiary/aromatic N) is 2. The maximum Gasteiger partial charge on any atom is 0.669 e. The van der Waals surface area contributed by atoms with Gasteiger partial charge in [-0.05, 0) is 23.8 Å². The minimum Gasteiger partial charge on any atom is -0.478 e. The Morgan fingerprint density at radius 1 is 0.700 bits per heavy atom. The minimum atomic E-state index is -5.02. The van der Waals surface area contributed by atoms with Crippen LogP contribution in [0.5, 0.6) is 0 Å². The normalized spacial score (nSPS) is 20.7. The fourth-order valence-electron chi connectivity index (χ4n) is 2.72. The van der Waals surface area contributed by atoms with Crippen LogP contribution >= 0.6 is 0 Å². The van der Waals surface area contributed by atoms with Gasteiger partial charge < -0.3 is 7.58 Å². The average molecular weight is 459 g/mol. The number of aromatic nitrogens is 2. The van der Waals surface area contributed by atoms with E-state index < -0.39 is 63.6 Å². The highest BCUT2D eigenvalue weighted by Crippen LogP contribution is 2.41. The molecule has 3 rings (SSSR count). The lowest BCUT2D eigenvalue weighted by Gasteiger charge is -2.31. The van der Waals surface area contributed by atoms with E-state index in [0.717, 1.165) is 12.4 Å². The van der Waals surface area contributed by atoms with Gasteiger partial charge in [-0.2, -0.15) is 39.5 Å². The molecule has 0 N–H and O–H groups in total. The molecule has 1 saturated heterocycles. The molecule has 0 aliphatic carbocycles. The van der Waals surface area contributed by atoms with E-state index in [1.807, 2.05) is 0 Å². The van der Waals surface area contributed by atoms with Crippen LogP contribution in [0.25, 0.3) is 0 Å². The van der Waals surface area contributed by atoms with E-state index in [9.17, 15) is 39.5 Å². The van der Waals surface area contributed by atoms with Crippen molar-refractivity contribution in [2.24, 2.45) is 0 Å². The molecule has 2 atom stereocenters.